The molecule has 4 rings (SSSR count). The van der Waals surface area contributed by atoms with E-state index in [-0.39, 0.29) is 11.8 Å². The van der Waals surface area contributed by atoms with Crippen molar-refractivity contribution in [3.8, 4) is 11.1 Å². The molecule has 128 valence electrons. The van der Waals surface area contributed by atoms with Gasteiger partial charge in [-0.05, 0) is 34.4 Å². The van der Waals surface area contributed by atoms with Crippen molar-refractivity contribution in [2.75, 3.05) is 0 Å². The number of nitrogens with two attached hydrogens (primary N) is 1. The second kappa shape index (κ2) is 6.44. The molecule has 1 heterocycles. The predicted octanol–water partition coefficient (Wildman–Crippen LogP) is 2.48. The molecule has 1 aromatic heterocycles. The Morgan fingerprint density at radius 3 is 2.08 bits per heavy atom. The van der Waals surface area contributed by atoms with E-state index in [1.165, 1.54) is 6.20 Å². The van der Waals surface area contributed by atoms with E-state index in [2.05, 4.69) is 10.3 Å². The van der Waals surface area contributed by atoms with Crippen molar-refractivity contribution < 1.29 is 9.59 Å². The zero-order valence-electron chi connectivity index (χ0n) is 13.9. The molecule has 0 saturated carbocycles. The second-order valence-corrected chi connectivity index (χ2v) is 6.25. The van der Waals surface area contributed by atoms with E-state index < -0.39 is 11.9 Å². The molecule has 2 aromatic carbocycles. The van der Waals surface area contributed by atoms with Gasteiger partial charge in [0.05, 0.1) is 5.56 Å². The molecule has 26 heavy (non-hydrogen) atoms. The van der Waals surface area contributed by atoms with Gasteiger partial charge in [-0.3, -0.25) is 14.6 Å². The fourth-order valence-electron chi connectivity index (χ4n) is 3.59. The maximum absolute atomic E-state index is 12.6. The van der Waals surface area contributed by atoms with Crippen molar-refractivity contribution in [3.05, 3.63) is 89.7 Å². The van der Waals surface area contributed by atoms with Gasteiger partial charge in [0.1, 0.15) is 6.04 Å². The summed E-state index contributed by atoms with van der Waals surface area (Å²) in [6.07, 6.45) is 3.05. The molecule has 1 aliphatic carbocycles. The highest BCUT2D eigenvalue weighted by molar-refractivity contribution is 5.98. The fourth-order valence-corrected chi connectivity index (χ4v) is 3.59. The number of amides is 2. The lowest BCUT2D eigenvalue weighted by Crippen LogP contribution is -2.48. The summed E-state index contributed by atoms with van der Waals surface area (Å²) in [4.78, 5) is 28.8. The summed E-state index contributed by atoms with van der Waals surface area (Å²) in [5, 5.41) is 2.80. The topological polar surface area (TPSA) is 85.1 Å². The predicted molar refractivity (Wildman–Crippen MR) is 98.4 cm³/mol. The van der Waals surface area contributed by atoms with Gasteiger partial charge >= 0.3 is 0 Å². The normalized spacial score (nSPS) is 13.5. The average molecular weight is 343 g/mol. The molecule has 0 saturated heterocycles. The van der Waals surface area contributed by atoms with Crippen LogP contribution in [0.15, 0.2) is 73.1 Å². The molecule has 3 aromatic rings. The molecule has 0 radical (unpaired) electrons. The summed E-state index contributed by atoms with van der Waals surface area (Å²) in [5.74, 6) is -1.26. The maximum Gasteiger partial charge on any atom is 0.253 e. The van der Waals surface area contributed by atoms with Gasteiger partial charge in [-0.25, -0.2) is 0 Å². The lowest BCUT2D eigenvalue weighted by atomic mass is 9.88. The van der Waals surface area contributed by atoms with Crippen LogP contribution in [0, 0.1) is 0 Å². The lowest BCUT2D eigenvalue weighted by Gasteiger charge is -2.24. The SMILES string of the molecule is NC(=O)[C@H](NC(=O)c1cccnc1)C1c2ccccc2-c2ccccc21. The zero-order valence-corrected chi connectivity index (χ0v) is 13.9. The van der Waals surface area contributed by atoms with Crippen LogP contribution in [0.2, 0.25) is 0 Å². The Morgan fingerprint density at radius 1 is 0.923 bits per heavy atom. The Hall–Kier alpha value is -3.47. The van der Waals surface area contributed by atoms with Crippen LogP contribution in [-0.2, 0) is 4.79 Å². The van der Waals surface area contributed by atoms with Crippen molar-refractivity contribution in [1.29, 1.82) is 0 Å². The van der Waals surface area contributed by atoms with E-state index in [9.17, 15) is 9.59 Å². The molecule has 0 fully saturated rings. The number of rotatable bonds is 4. The number of pyridine rings is 1. The molecular formula is C21H17N3O2. The summed E-state index contributed by atoms with van der Waals surface area (Å²) < 4.78 is 0. The number of aromatic nitrogens is 1. The third kappa shape index (κ3) is 2.63. The summed E-state index contributed by atoms with van der Waals surface area (Å²) in [5.41, 5.74) is 10.2. The van der Waals surface area contributed by atoms with Crippen molar-refractivity contribution in [2.45, 2.75) is 12.0 Å². The van der Waals surface area contributed by atoms with E-state index >= 15 is 0 Å². The fraction of sp³-hybridized carbons (Fsp3) is 0.0952. The minimum atomic E-state index is -0.854. The zero-order chi connectivity index (χ0) is 18.1. The Bertz CT molecular complexity index is 940. The largest absolute Gasteiger partial charge is 0.368 e. The van der Waals surface area contributed by atoms with Gasteiger partial charge in [-0.2, -0.15) is 0 Å². The van der Waals surface area contributed by atoms with E-state index in [4.69, 9.17) is 5.73 Å². The number of hydrogen-bond donors (Lipinski definition) is 2. The number of carbonyl (C=O) groups excluding carboxylic acids is 2. The molecule has 1 aliphatic rings. The second-order valence-electron chi connectivity index (χ2n) is 6.25. The third-order valence-electron chi connectivity index (χ3n) is 4.73. The van der Waals surface area contributed by atoms with Crippen molar-refractivity contribution in [2.24, 2.45) is 5.73 Å². The number of fused-ring (bicyclic) bond motifs is 3. The molecule has 3 N–H and O–H groups in total. The highest BCUT2D eigenvalue weighted by Gasteiger charge is 2.37. The first-order valence-corrected chi connectivity index (χ1v) is 8.35. The monoisotopic (exact) mass is 343 g/mol. The molecule has 2 amide bonds. The van der Waals surface area contributed by atoms with E-state index in [1.807, 2.05) is 48.5 Å². The third-order valence-corrected chi connectivity index (χ3v) is 4.73. The number of carbonyl (C=O) groups is 2. The van der Waals surface area contributed by atoms with Gasteiger partial charge in [0.15, 0.2) is 0 Å². The summed E-state index contributed by atoms with van der Waals surface area (Å²) in [6.45, 7) is 0. The number of benzene rings is 2. The minimum Gasteiger partial charge on any atom is -0.368 e. The highest BCUT2D eigenvalue weighted by atomic mass is 16.2. The van der Waals surface area contributed by atoms with Crippen molar-refractivity contribution in [1.82, 2.24) is 10.3 Å². The van der Waals surface area contributed by atoms with Crippen molar-refractivity contribution in [3.63, 3.8) is 0 Å². The van der Waals surface area contributed by atoms with Crippen LogP contribution < -0.4 is 11.1 Å². The van der Waals surface area contributed by atoms with E-state index in [1.54, 1.807) is 18.3 Å². The quantitative estimate of drug-likeness (QED) is 0.763. The van der Waals surface area contributed by atoms with Crippen LogP contribution in [0.1, 0.15) is 27.4 Å². The number of nitrogens with one attached hydrogen (secondary N) is 1. The molecule has 5 heteroatoms. The van der Waals surface area contributed by atoms with Crippen LogP contribution in [0.3, 0.4) is 0 Å². The molecule has 0 bridgehead atoms. The summed E-state index contributed by atoms with van der Waals surface area (Å²) in [6, 6.07) is 18.3. The maximum atomic E-state index is 12.6. The number of hydrogen-bond acceptors (Lipinski definition) is 3. The smallest absolute Gasteiger partial charge is 0.253 e. The first-order chi connectivity index (χ1) is 12.7. The first-order valence-electron chi connectivity index (χ1n) is 8.35. The van der Waals surface area contributed by atoms with Crippen LogP contribution in [-0.4, -0.2) is 22.8 Å². The molecule has 0 unspecified atom stereocenters. The molecule has 0 aliphatic heterocycles. The van der Waals surface area contributed by atoms with E-state index in [0.717, 1.165) is 22.3 Å². The van der Waals surface area contributed by atoms with Crippen LogP contribution in [0.25, 0.3) is 11.1 Å². The number of nitrogens with zero attached hydrogens (tertiary/aromatic N) is 1. The summed E-state index contributed by atoms with van der Waals surface area (Å²) >= 11 is 0. The Balaban J connectivity index is 1.76. The van der Waals surface area contributed by atoms with E-state index in [0.29, 0.717) is 5.56 Å². The van der Waals surface area contributed by atoms with Gasteiger partial charge in [0, 0.05) is 18.3 Å². The standard InChI is InChI=1S/C21H17N3O2/c22-20(25)19(24-21(26)13-6-5-11-23-12-13)18-16-9-3-1-7-14(16)15-8-2-4-10-17(15)18/h1-12,18-19H,(H2,22,25)(H,24,26)/t19-/m1/s1. The first kappa shape index (κ1) is 16.0. The highest BCUT2D eigenvalue weighted by Crippen LogP contribution is 2.46. The number of primary amides is 1. The molecule has 1 atom stereocenters. The van der Waals surface area contributed by atoms with Gasteiger partial charge in [-0.1, -0.05) is 48.5 Å². The average Bonchev–Trinajstić information content (AvgIpc) is 3.01. The minimum absolute atomic E-state index is 0.319. The van der Waals surface area contributed by atoms with Crippen molar-refractivity contribution >= 4 is 11.8 Å². The van der Waals surface area contributed by atoms with Gasteiger partial charge in [0.2, 0.25) is 5.91 Å². The van der Waals surface area contributed by atoms with Gasteiger partial charge < -0.3 is 11.1 Å². The lowest BCUT2D eigenvalue weighted by molar-refractivity contribution is -0.120. The molecular weight excluding hydrogens is 326 g/mol. The Kier molecular flexibility index (Phi) is 3.97. The van der Waals surface area contributed by atoms with Gasteiger partial charge in [-0.15, -0.1) is 0 Å². The summed E-state index contributed by atoms with van der Waals surface area (Å²) in [7, 11) is 0. The molecule has 0 spiro atoms. The Morgan fingerprint density at radius 2 is 1.54 bits per heavy atom. The molecule has 5 nitrogen and oxygen atoms in total. The Labute approximate surface area is 150 Å². The van der Waals surface area contributed by atoms with Crippen LogP contribution >= 0.6 is 0 Å². The van der Waals surface area contributed by atoms with Crippen LogP contribution in [0.4, 0.5) is 0 Å². The van der Waals surface area contributed by atoms with Gasteiger partial charge in [0.25, 0.3) is 5.91 Å². The van der Waals surface area contributed by atoms with Crippen LogP contribution in [0.5, 0.6) is 0 Å².